The van der Waals surface area contributed by atoms with E-state index in [-0.39, 0.29) is 5.69 Å². The average Bonchev–Trinajstić information content (AvgIpc) is 3.06. The van der Waals surface area contributed by atoms with Gasteiger partial charge in [-0.1, -0.05) is 11.8 Å². The number of imidazole rings is 1. The summed E-state index contributed by atoms with van der Waals surface area (Å²) in [5.41, 5.74) is 0.591. The number of esters is 1. The van der Waals surface area contributed by atoms with E-state index in [4.69, 9.17) is 4.74 Å². The van der Waals surface area contributed by atoms with Crippen LogP contribution in [0.25, 0.3) is 5.69 Å². The molecule has 0 spiro atoms. The van der Waals surface area contributed by atoms with Crippen LogP contribution < -0.4 is 10.6 Å². The molecule has 1 heterocycles. The van der Waals surface area contributed by atoms with Crippen LogP contribution in [0.15, 0.2) is 35.6 Å². The van der Waals surface area contributed by atoms with E-state index in [1.807, 2.05) is 0 Å². The van der Waals surface area contributed by atoms with Crippen molar-refractivity contribution >= 4 is 29.7 Å². The van der Waals surface area contributed by atoms with Gasteiger partial charge < -0.3 is 10.1 Å². The molecule has 1 unspecified atom stereocenters. The molecule has 2 N–H and O–H groups in total. The van der Waals surface area contributed by atoms with Crippen molar-refractivity contribution in [3.63, 3.8) is 0 Å². The number of rotatable bonds is 6. The van der Waals surface area contributed by atoms with Crippen molar-refractivity contribution in [2.75, 3.05) is 12.8 Å². The Bertz CT molecular complexity index is 838. The molecule has 0 saturated carbocycles. The molecule has 144 valence electrons. The number of aromatic nitrogens is 2. The van der Waals surface area contributed by atoms with E-state index in [0.29, 0.717) is 17.4 Å². The minimum atomic E-state index is -1.20. The molecule has 3 amide bonds. The Kier molecular flexibility index (Phi) is 6.94. The number of thioether (sulfide) groups is 1. The highest BCUT2D eigenvalue weighted by atomic mass is 32.2. The number of benzene rings is 1. The summed E-state index contributed by atoms with van der Waals surface area (Å²) in [4.78, 5) is 40.0. The lowest BCUT2D eigenvalue weighted by Crippen LogP contribution is -2.44. The Morgan fingerprint density at radius 3 is 2.56 bits per heavy atom. The molecule has 0 saturated heterocycles. The van der Waals surface area contributed by atoms with Crippen LogP contribution in [0, 0.1) is 5.82 Å². The molecule has 8 nitrogen and oxygen atoms in total. The van der Waals surface area contributed by atoms with Crippen molar-refractivity contribution in [3.05, 3.63) is 42.0 Å². The molecule has 27 heavy (non-hydrogen) atoms. The van der Waals surface area contributed by atoms with Gasteiger partial charge in [-0.05, 0) is 44.4 Å². The third kappa shape index (κ3) is 5.07. The fraction of sp³-hybridized carbons (Fsp3) is 0.294. The SMILES string of the molecule is CCNC(=O)NC(=O)C(C)OC(=O)c1cnc(SC)n1-c1ccc(F)cc1. The Hall–Kier alpha value is -2.88. The first kappa shape index (κ1) is 20.4. The smallest absolute Gasteiger partial charge is 0.357 e. The number of carbonyl (C=O) groups is 3. The van der Waals surface area contributed by atoms with Crippen LogP contribution in [0.3, 0.4) is 0 Å². The number of halogens is 1. The molecule has 0 aliphatic heterocycles. The third-order valence-electron chi connectivity index (χ3n) is 3.43. The third-order valence-corrected chi connectivity index (χ3v) is 4.09. The van der Waals surface area contributed by atoms with Crippen LogP contribution in [0.1, 0.15) is 24.3 Å². The summed E-state index contributed by atoms with van der Waals surface area (Å²) in [7, 11) is 0. The zero-order valence-corrected chi connectivity index (χ0v) is 15.8. The first-order chi connectivity index (χ1) is 12.9. The molecular formula is C17H19FN4O4S. The normalized spacial score (nSPS) is 11.6. The summed E-state index contributed by atoms with van der Waals surface area (Å²) in [6, 6.07) is 4.84. The summed E-state index contributed by atoms with van der Waals surface area (Å²) >= 11 is 1.29. The molecule has 0 radical (unpaired) electrons. The van der Waals surface area contributed by atoms with Crippen molar-refractivity contribution in [3.8, 4) is 5.69 Å². The first-order valence-electron chi connectivity index (χ1n) is 8.04. The second-order valence-corrected chi connectivity index (χ2v) is 6.11. The quantitative estimate of drug-likeness (QED) is 0.575. The lowest BCUT2D eigenvalue weighted by Gasteiger charge is -2.14. The predicted octanol–water partition coefficient (Wildman–Crippen LogP) is 2.12. The van der Waals surface area contributed by atoms with Crippen LogP contribution in [-0.4, -0.2) is 46.4 Å². The van der Waals surface area contributed by atoms with Gasteiger partial charge in [0.05, 0.1) is 6.20 Å². The van der Waals surface area contributed by atoms with Gasteiger partial charge in [-0.15, -0.1) is 0 Å². The van der Waals surface area contributed by atoms with Gasteiger partial charge in [0.1, 0.15) is 5.82 Å². The van der Waals surface area contributed by atoms with Gasteiger partial charge >= 0.3 is 12.0 Å². The maximum absolute atomic E-state index is 13.2. The van der Waals surface area contributed by atoms with Crippen molar-refractivity contribution in [1.82, 2.24) is 20.2 Å². The maximum atomic E-state index is 13.2. The van der Waals surface area contributed by atoms with E-state index in [0.717, 1.165) is 0 Å². The highest BCUT2D eigenvalue weighted by Crippen LogP contribution is 2.22. The van der Waals surface area contributed by atoms with E-state index in [9.17, 15) is 18.8 Å². The van der Waals surface area contributed by atoms with Gasteiger partial charge in [-0.3, -0.25) is 14.7 Å². The number of hydrogen-bond acceptors (Lipinski definition) is 6. The van der Waals surface area contributed by atoms with E-state index in [1.165, 1.54) is 53.7 Å². The molecule has 0 aliphatic rings. The fourth-order valence-corrected chi connectivity index (χ4v) is 2.70. The van der Waals surface area contributed by atoms with E-state index in [2.05, 4.69) is 15.6 Å². The highest BCUT2D eigenvalue weighted by Gasteiger charge is 2.24. The number of hydrogen-bond donors (Lipinski definition) is 2. The van der Waals surface area contributed by atoms with Gasteiger partial charge in [-0.25, -0.2) is 19.0 Å². The van der Waals surface area contributed by atoms with E-state index < -0.39 is 29.8 Å². The van der Waals surface area contributed by atoms with Crippen molar-refractivity contribution < 1.29 is 23.5 Å². The summed E-state index contributed by atoms with van der Waals surface area (Å²) < 4.78 is 19.8. The van der Waals surface area contributed by atoms with Crippen LogP contribution in [0.2, 0.25) is 0 Å². The van der Waals surface area contributed by atoms with Gasteiger partial charge in [-0.2, -0.15) is 0 Å². The molecule has 0 bridgehead atoms. The van der Waals surface area contributed by atoms with Crippen LogP contribution in [0.5, 0.6) is 0 Å². The Balaban J connectivity index is 2.19. The molecule has 10 heteroatoms. The maximum Gasteiger partial charge on any atom is 0.357 e. The van der Waals surface area contributed by atoms with Crippen molar-refractivity contribution in [2.45, 2.75) is 25.1 Å². The number of urea groups is 1. The Labute approximate surface area is 159 Å². The van der Waals surface area contributed by atoms with Crippen molar-refractivity contribution in [1.29, 1.82) is 0 Å². The summed E-state index contributed by atoms with van der Waals surface area (Å²) in [6.45, 7) is 3.40. The minimum absolute atomic E-state index is 0.0728. The number of carbonyl (C=O) groups excluding carboxylic acids is 3. The van der Waals surface area contributed by atoms with Gasteiger partial charge in [0.15, 0.2) is 17.0 Å². The lowest BCUT2D eigenvalue weighted by atomic mass is 10.3. The highest BCUT2D eigenvalue weighted by molar-refractivity contribution is 7.98. The van der Waals surface area contributed by atoms with Crippen molar-refractivity contribution in [2.24, 2.45) is 0 Å². The zero-order chi connectivity index (χ0) is 20.0. The topological polar surface area (TPSA) is 102 Å². The average molecular weight is 394 g/mol. The van der Waals surface area contributed by atoms with Crippen LogP contribution in [0.4, 0.5) is 9.18 Å². The lowest BCUT2D eigenvalue weighted by molar-refractivity contribution is -0.127. The summed E-state index contributed by atoms with van der Waals surface area (Å²) in [5, 5.41) is 4.97. The van der Waals surface area contributed by atoms with Gasteiger partial charge in [0.2, 0.25) is 0 Å². The Morgan fingerprint density at radius 2 is 1.96 bits per heavy atom. The number of imide groups is 1. The molecule has 2 aromatic rings. The minimum Gasteiger partial charge on any atom is -0.448 e. The van der Waals surface area contributed by atoms with E-state index in [1.54, 1.807) is 13.2 Å². The Morgan fingerprint density at radius 1 is 1.30 bits per heavy atom. The standard InChI is InChI=1S/C17H19FN4O4S/c1-4-19-16(25)21-14(23)10(2)26-15(24)13-9-20-17(27-3)22(13)12-7-5-11(18)6-8-12/h5-10H,4H2,1-3H3,(H2,19,21,23,25). The molecule has 1 atom stereocenters. The van der Waals surface area contributed by atoms with Crippen LogP contribution >= 0.6 is 11.8 Å². The number of nitrogens with zero attached hydrogens (tertiary/aromatic N) is 2. The first-order valence-corrected chi connectivity index (χ1v) is 9.27. The number of ether oxygens (including phenoxy) is 1. The molecule has 1 aromatic carbocycles. The molecule has 2 rings (SSSR count). The van der Waals surface area contributed by atoms with E-state index >= 15 is 0 Å². The van der Waals surface area contributed by atoms with Gasteiger partial charge in [0, 0.05) is 12.2 Å². The molecular weight excluding hydrogens is 375 g/mol. The summed E-state index contributed by atoms with van der Waals surface area (Å²) in [6.07, 6.45) is 1.89. The largest absolute Gasteiger partial charge is 0.448 e. The molecule has 0 fully saturated rings. The molecule has 0 aliphatic carbocycles. The second-order valence-electron chi connectivity index (χ2n) is 5.34. The zero-order valence-electron chi connectivity index (χ0n) is 15.0. The van der Waals surface area contributed by atoms with Crippen LogP contribution in [-0.2, 0) is 9.53 Å². The number of nitrogens with one attached hydrogen (secondary N) is 2. The van der Waals surface area contributed by atoms with Gasteiger partial charge in [0.25, 0.3) is 5.91 Å². The summed E-state index contributed by atoms with van der Waals surface area (Å²) in [5.74, 6) is -1.97. The monoisotopic (exact) mass is 394 g/mol. The second kappa shape index (κ2) is 9.17. The predicted molar refractivity (Wildman–Crippen MR) is 97.4 cm³/mol. The number of amides is 3. The molecule has 1 aromatic heterocycles. The fourth-order valence-electron chi connectivity index (χ4n) is 2.16.